The van der Waals surface area contributed by atoms with Crippen LogP contribution in [-0.4, -0.2) is 36.0 Å². The molecule has 5 heteroatoms. The van der Waals surface area contributed by atoms with Crippen molar-refractivity contribution in [3.8, 4) is 0 Å². The summed E-state index contributed by atoms with van der Waals surface area (Å²) in [6.45, 7) is 5.29. The molecule has 1 heterocycles. The Morgan fingerprint density at radius 2 is 2.05 bits per heavy atom. The molecule has 1 aliphatic heterocycles. The van der Waals surface area contributed by atoms with Gasteiger partial charge >= 0.3 is 0 Å². The SMILES string of the molecule is O=[N+]([O-])c1cccc(CNCCCN2CCCCC2)c1. The third-order valence-corrected chi connectivity index (χ3v) is 3.73. The molecule has 5 nitrogen and oxygen atoms in total. The number of likely N-dealkylation sites (tertiary alicyclic amines) is 1. The molecule has 0 aromatic heterocycles. The van der Waals surface area contributed by atoms with Crippen molar-refractivity contribution in [2.24, 2.45) is 0 Å². The third-order valence-electron chi connectivity index (χ3n) is 3.73. The van der Waals surface area contributed by atoms with Crippen LogP contribution in [0.1, 0.15) is 31.2 Å². The average Bonchev–Trinajstić information content (AvgIpc) is 2.48. The lowest BCUT2D eigenvalue weighted by atomic mass is 10.1. The second-order valence-corrected chi connectivity index (χ2v) is 5.36. The molecule has 2 rings (SSSR count). The highest BCUT2D eigenvalue weighted by Crippen LogP contribution is 2.12. The molecule has 0 saturated carbocycles. The van der Waals surface area contributed by atoms with E-state index < -0.39 is 0 Å². The van der Waals surface area contributed by atoms with Gasteiger partial charge in [0.1, 0.15) is 0 Å². The molecule has 0 atom stereocenters. The fraction of sp³-hybridized carbons (Fsp3) is 0.600. The topological polar surface area (TPSA) is 58.4 Å². The fourth-order valence-corrected chi connectivity index (χ4v) is 2.62. The van der Waals surface area contributed by atoms with E-state index in [0.29, 0.717) is 6.54 Å². The van der Waals surface area contributed by atoms with Crippen LogP contribution in [0, 0.1) is 10.1 Å². The second-order valence-electron chi connectivity index (χ2n) is 5.36. The van der Waals surface area contributed by atoms with Gasteiger partial charge in [-0.1, -0.05) is 18.6 Å². The number of nitro groups is 1. The zero-order valence-corrected chi connectivity index (χ0v) is 11.9. The van der Waals surface area contributed by atoms with Gasteiger partial charge in [-0.3, -0.25) is 10.1 Å². The molecule has 0 radical (unpaired) electrons. The van der Waals surface area contributed by atoms with Crippen LogP contribution in [-0.2, 0) is 6.54 Å². The Bertz CT molecular complexity index is 431. The first-order valence-corrected chi connectivity index (χ1v) is 7.42. The lowest BCUT2D eigenvalue weighted by Crippen LogP contribution is -2.32. The molecule has 110 valence electrons. The van der Waals surface area contributed by atoms with E-state index in [-0.39, 0.29) is 10.6 Å². The molecule has 0 bridgehead atoms. The van der Waals surface area contributed by atoms with Gasteiger partial charge in [0.2, 0.25) is 0 Å². The van der Waals surface area contributed by atoms with Crippen LogP contribution in [0.5, 0.6) is 0 Å². The molecule has 1 aromatic rings. The molecule has 0 aliphatic carbocycles. The molecular formula is C15H23N3O2. The van der Waals surface area contributed by atoms with Crippen molar-refractivity contribution in [2.75, 3.05) is 26.2 Å². The van der Waals surface area contributed by atoms with Gasteiger partial charge in [0, 0.05) is 18.7 Å². The summed E-state index contributed by atoms with van der Waals surface area (Å²) in [5, 5.41) is 14.0. The smallest absolute Gasteiger partial charge is 0.269 e. The Balaban J connectivity index is 1.63. The van der Waals surface area contributed by atoms with Gasteiger partial charge in [0.05, 0.1) is 4.92 Å². The van der Waals surface area contributed by atoms with Crippen molar-refractivity contribution in [3.63, 3.8) is 0 Å². The normalized spacial score (nSPS) is 16.2. The van der Waals surface area contributed by atoms with E-state index >= 15 is 0 Å². The monoisotopic (exact) mass is 277 g/mol. The summed E-state index contributed by atoms with van der Waals surface area (Å²) in [7, 11) is 0. The molecular weight excluding hydrogens is 254 g/mol. The minimum Gasteiger partial charge on any atom is -0.313 e. The number of nitro benzene ring substituents is 1. The van der Waals surface area contributed by atoms with Crippen LogP contribution in [0.2, 0.25) is 0 Å². The van der Waals surface area contributed by atoms with Crippen LogP contribution in [0.4, 0.5) is 5.69 Å². The molecule has 1 fully saturated rings. The summed E-state index contributed by atoms with van der Waals surface area (Å²) in [6, 6.07) is 6.82. The number of nitrogens with zero attached hydrogens (tertiary/aromatic N) is 2. The van der Waals surface area contributed by atoms with E-state index in [2.05, 4.69) is 10.2 Å². The van der Waals surface area contributed by atoms with Crippen molar-refractivity contribution in [2.45, 2.75) is 32.2 Å². The van der Waals surface area contributed by atoms with Crippen molar-refractivity contribution < 1.29 is 4.92 Å². The summed E-state index contributed by atoms with van der Waals surface area (Å²) in [4.78, 5) is 12.9. The highest BCUT2D eigenvalue weighted by Gasteiger charge is 2.09. The maximum absolute atomic E-state index is 10.7. The average molecular weight is 277 g/mol. The first-order chi connectivity index (χ1) is 9.75. The van der Waals surface area contributed by atoms with Crippen molar-refractivity contribution in [1.29, 1.82) is 0 Å². The van der Waals surface area contributed by atoms with Crippen LogP contribution in [0.3, 0.4) is 0 Å². The van der Waals surface area contributed by atoms with E-state index in [1.165, 1.54) is 38.4 Å². The maximum atomic E-state index is 10.7. The number of hydrogen-bond acceptors (Lipinski definition) is 4. The van der Waals surface area contributed by atoms with Crippen molar-refractivity contribution in [1.82, 2.24) is 10.2 Å². The predicted molar refractivity (Wildman–Crippen MR) is 79.7 cm³/mol. The van der Waals surface area contributed by atoms with E-state index in [1.54, 1.807) is 12.1 Å². The zero-order chi connectivity index (χ0) is 14.2. The molecule has 1 aliphatic rings. The number of piperidine rings is 1. The van der Waals surface area contributed by atoms with E-state index in [0.717, 1.165) is 25.1 Å². The van der Waals surface area contributed by atoms with Crippen LogP contribution in [0.15, 0.2) is 24.3 Å². The Kier molecular flexibility index (Phi) is 5.95. The molecule has 1 aromatic carbocycles. The molecule has 1 N–H and O–H groups in total. The van der Waals surface area contributed by atoms with E-state index in [9.17, 15) is 10.1 Å². The van der Waals surface area contributed by atoms with E-state index in [4.69, 9.17) is 0 Å². The van der Waals surface area contributed by atoms with Crippen LogP contribution in [0.25, 0.3) is 0 Å². The highest BCUT2D eigenvalue weighted by atomic mass is 16.6. The van der Waals surface area contributed by atoms with Crippen LogP contribution < -0.4 is 5.32 Å². The van der Waals surface area contributed by atoms with Gasteiger partial charge < -0.3 is 10.2 Å². The van der Waals surface area contributed by atoms with Crippen molar-refractivity contribution >= 4 is 5.69 Å². The molecule has 0 unspecified atom stereocenters. The van der Waals surface area contributed by atoms with Gasteiger partial charge in [0.25, 0.3) is 5.69 Å². The lowest BCUT2D eigenvalue weighted by molar-refractivity contribution is -0.384. The minimum atomic E-state index is -0.347. The van der Waals surface area contributed by atoms with Crippen LogP contribution >= 0.6 is 0 Å². The standard InChI is InChI=1S/C15H23N3O2/c19-18(20)15-7-4-6-14(12-15)13-16-8-5-11-17-9-2-1-3-10-17/h4,6-7,12,16H,1-3,5,8-11,13H2. The summed E-state index contributed by atoms with van der Waals surface area (Å²) >= 11 is 0. The summed E-state index contributed by atoms with van der Waals surface area (Å²) in [5.41, 5.74) is 1.13. The summed E-state index contributed by atoms with van der Waals surface area (Å²) in [6.07, 6.45) is 5.18. The number of nitrogens with one attached hydrogen (secondary N) is 1. The van der Waals surface area contributed by atoms with Gasteiger partial charge in [0.15, 0.2) is 0 Å². The van der Waals surface area contributed by atoms with Gasteiger partial charge in [-0.2, -0.15) is 0 Å². The Labute approximate surface area is 120 Å². The minimum absolute atomic E-state index is 0.164. The van der Waals surface area contributed by atoms with Gasteiger partial charge in [-0.15, -0.1) is 0 Å². The predicted octanol–water partition coefficient (Wildman–Crippen LogP) is 2.56. The van der Waals surface area contributed by atoms with Crippen molar-refractivity contribution in [3.05, 3.63) is 39.9 Å². The summed E-state index contributed by atoms with van der Waals surface area (Å²) < 4.78 is 0. The first kappa shape index (κ1) is 14.9. The highest BCUT2D eigenvalue weighted by molar-refractivity contribution is 5.34. The number of non-ortho nitro benzene ring substituents is 1. The lowest BCUT2D eigenvalue weighted by Gasteiger charge is -2.26. The molecule has 0 amide bonds. The summed E-state index contributed by atoms with van der Waals surface area (Å²) in [5.74, 6) is 0. The largest absolute Gasteiger partial charge is 0.313 e. The molecule has 20 heavy (non-hydrogen) atoms. The molecule has 0 spiro atoms. The fourth-order valence-electron chi connectivity index (χ4n) is 2.62. The quantitative estimate of drug-likeness (QED) is 0.473. The Hall–Kier alpha value is -1.46. The zero-order valence-electron chi connectivity index (χ0n) is 11.9. The second kappa shape index (κ2) is 7.97. The third kappa shape index (κ3) is 4.90. The number of benzene rings is 1. The number of rotatable bonds is 7. The Morgan fingerprint density at radius 3 is 2.80 bits per heavy atom. The first-order valence-electron chi connectivity index (χ1n) is 7.42. The maximum Gasteiger partial charge on any atom is 0.269 e. The number of hydrogen-bond donors (Lipinski definition) is 1. The van der Waals surface area contributed by atoms with Gasteiger partial charge in [-0.25, -0.2) is 0 Å². The van der Waals surface area contributed by atoms with E-state index in [1.807, 2.05) is 6.07 Å². The Morgan fingerprint density at radius 1 is 1.25 bits per heavy atom. The van der Waals surface area contributed by atoms with Gasteiger partial charge in [-0.05, 0) is 51.0 Å². The molecule has 1 saturated heterocycles.